The Hall–Kier alpha value is -1.17. The molecule has 0 bridgehead atoms. The lowest BCUT2D eigenvalue weighted by atomic mass is 10.2. The summed E-state index contributed by atoms with van der Waals surface area (Å²) >= 11 is 0. The average molecular weight is 267 g/mol. The van der Waals surface area contributed by atoms with Gasteiger partial charge in [-0.25, -0.2) is 4.98 Å². The van der Waals surface area contributed by atoms with Crippen LogP contribution in [-0.2, 0) is 11.3 Å². The fourth-order valence-corrected chi connectivity index (χ4v) is 1.81. The molecule has 1 heterocycles. The molecule has 0 aromatic carbocycles. The van der Waals surface area contributed by atoms with Gasteiger partial charge in [0, 0.05) is 46.1 Å². The fraction of sp³-hybridized carbons (Fsp3) is 0.643. The molecule has 0 saturated carbocycles. The van der Waals surface area contributed by atoms with E-state index in [4.69, 9.17) is 9.84 Å². The molecule has 0 aliphatic rings. The lowest BCUT2D eigenvalue weighted by molar-refractivity contribution is 0.199. The van der Waals surface area contributed by atoms with Crippen LogP contribution in [0.15, 0.2) is 18.3 Å². The second-order valence-electron chi connectivity index (χ2n) is 4.35. The molecule has 108 valence electrons. The molecular formula is C14H25N3O2. The average Bonchev–Trinajstić information content (AvgIpc) is 2.46. The molecule has 0 radical (unpaired) electrons. The molecule has 0 aliphatic heterocycles. The van der Waals surface area contributed by atoms with E-state index in [1.54, 1.807) is 7.11 Å². The number of hydrogen-bond donors (Lipinski definition) is 2. The zero-order chi connectivity index (χ0) is 13.9. The number of aliphatic hydroxyl groups is 1. The predicted molar refractivity (Wildman–Crippen MR) is 77.4 cm³/mol. The van der Waals surface area contributed by atoms with E-state index in [0.29, 0.717) is 0 Å². The first-order valence-corrected chi connectivity index (χ1v) is 6.82. The molecule has 5 heteroatoms. The van der Waals surface area contributed by atoms with E-state index in [-0.39, 0.29) is 6.61 Å². The van der Waals surface area contributed by atoms with E-state index >= 15 is 0 Å². The summed E-state index contributed by atoms with van der Waals surface area (Å²) in [7, 11) is 1.70. The highest BCUT2D eigenvalue weighted by Crippen LogP contribution is 2.11. The van der Waals surface area contributed by atoms with Gasteiger partial charge in [0.15, 0.2) is 0 Å². The fourth-order valence-electron chi connectivity index (χ4n) is 1.81. The molecule has 2 N–H and O–H groups in total. The number of methoxy groups -OCH3 is 1. The van der Waals surface area contributed by atoms with E-state index in [1.165, 1.54) is 0 Å². The summed E-state index contributed by atoms with van der Waals surface area (Å²) < 4.78 is 4.98. The molecule has 19 heavy (non-hydrogen) atoms. The maximum absolute atomic E-state index is 8.88. The third-order valence-electron chi connectivity index (χ3n) is 2.91. The van der Waals surface area contributed by atoms with Crippen molar-refractivity contribution < 1.29 is 9.84 Å². The largest absolute Gasteiger partial charge is 0.396 e. The van der Waals surface area contributed by atoms with E-state index in [0.717, 1.165) is 50.6 Å². The van der Waals surface area contributed by atoms with Gasteiger partial charge in [0.25, 0.3) is 0 Å². The highest BCUT2D eigenvalue weighted by molar-refractivity contribution is 5.39. The van der Waals surface area contributed by atoms with Gasteiger partial charge in [-0.3, -0.25) is 0 Å². The zero-order valence-electron chi connectivity index (χ0n) is 11.9. The summed E-state index contributed by atoms with van der Waals surface area (Å²) in [6.45, 7) is 6.42. The first kappa shape index (κ1) is 15.9. The normalized spacial score (nSPS) is 10.7. The lowest BCUT2D eigenvalue weighted by Gasteiger charge is -2.21. The van der Waals surface area contributed by atoms with Gasteiger partial charge in [-0.2, -0.15) is 0 Å². The summed E-state index contributed by atoms with van der Waals surface area (Å²) in [5.41, 5.74) is 1.16. The smallest absolute Gasteiger partial charge is 0.128 e. The van der Waals surface area contributed by atoms with Crippen LogP contribution in [0, 0.1) is 0 Å². The number of anilines is 1. The van der Waals surface area contributed by atoms with Crippen molar-refractivity contribution in [3.8, 4) is 0 Å². The Bertz CT molecular complexity index is 330. The van der Waals surface area contributed by atoms with Crippen molar-refractivity contribution in [2.45, 2.75) is 19.9 Å². The van der Waals surface area contributed by atoms with E-state index in [9.17, 15) is 0 Å². The molecule has 0 unspecified atom stereocenters. The number of rotatable bonds is 10. The van der Waals surface area contributed by atoms with Crippen molar-refractivity contribution in [1.29, 1.82) is 0 Å². The first-order valence-electron chi connectivity index (χ1n) is 6.82. The topological polar surface area (TPSA) is 57.6 Å². The van der Waals surface area contributed by atoms with Gasteiger partial charge < -0.3 is 20.1 Å². The van der Waals surface area contributed by atoms with Gasteiger partial charge in [0.1, 0.15) is 5.82 Å². The Labute approximate surface area is 115 Å². The number of hydrogen-bond acceptors (Lipinski definition) is 5. The van der Waals surface area contributed by atoms with Gasteiger partial charge in [-0.15, -0.1) is 0 Å². The van der Waals surface area contributed by atoms with Crippen LogP contribution in [0.5, 0.6) is 0 Å². The van der Waals surface area contributed by atoms with Crippen LogP contribution >= 0.6 is 0 Å². The minimum absolute atomic E-state index is 0.220. The SMILES string of the molecule is CCN(CCCO)c1ccc(CNCCOC)cn1. The van der Waals surface area contributed by atoms with Crippen molar-refractivity contribution in [2.24, 2.45) is 0 Å². The van der Waals surface area contributed by atoms with E-state index in [2.05, 4.69) is 28.2 Å². The number of aromatic nitrogens is 1. The van der Waals surface area contributed by atoms with E-state index in [1.807, 2.05) is 12.3 Å². The van der Waals surface area contributed by atoms with Crippen LogP contribution in [-0.4, -0.2) is 50.0 Å². The van der Waals surface area contributed by atoms with Gasteiger partial charge in [0.2, 0.25) is 0 Å². The maximum atomic E-state index is 8.88. The minimum atomic E-state index is 0.220. The molecule has 1 rings (SSSR count). The number of pyridine rings is 1. The first-order chi connectivity index (χ1) is 9.31. The lowest BCUT2D eigenvalue weighted by Crippen LogP contribution is -2.25. The summed E-state index contributed by atoms with van der Waals surface area (Å²) in [6, 6.07) is 4.12. The second-order valence-corrected chi connectivity index (χ2v) is 4.35. The second kappa shape index (κ2) is 9.72. The van der Waals surface area contributed by atoms with E-state index < -0.39 is 0 Å². The molecular weight excluding hydrogens is 242 g/mol. The maximum Gasteiger partial charge on any atom is 0.128 e. The Kier molecular flexibility index (Phi) is 8.13. The molecule has 0 aliphatic carbocycles. The van der Waals surface area contributed by atoms with Gasteiger partial charge in [0.05, 0.1) is 6.61 Å². The molecule has 0 amide bonds. The van der Waals surface area contributed by atoms with Crippen LogP contribution in [0.4, 0.5) is 5.82 Å². The predicted octanol–water partition coefficient (Wildman–Crippen LogP) is 1.03. The summed E-state index contributed by atoms with van der Waals surface area (Å²) in [6.07, 6.45) is 2.67. The van der Waals surface area contributed by atoms with Crippen LogP contribution in [0.25, 0.3) is 0 Å². The molecule has 5 nitrogen and oxygen atoms in total. The Morgan fingerprint density at radius 3 is 2.84 bits per heavy atom. The number of nitrogens with zero attached hydrogens (tertiary/aromatic N) is 2. The number of nitrogens with one attached hydrogen (secondary N) is 1. The van der Waals surface area contributed by atoms with Crippen LogP contribution < -0.4 is 10.2 Å². The van der Waals surface area contributed by atoms with Crippen molar-refractivity contribution in [2.75, 3.05) is 44.9 Å². The highest BCUT2D eigenvalue weighted by Gasteiger charge is 2.04. The van der Waals surface area contributed by atoms with Crippen molar-refractivity contribution >= 4 is 5.82 Å². The van der Waals surface area contributed by atoms with Gasteiger partial charge >= 0.3 is 0 Å². The van der Waals surface area contributed by atoms with Crippen molar-refractivity contribution in [3.05, 3.63) is 23.9 Å². The van der Waals surface area contributed by atoms with Crippen LogP contribution in [0.1, 0.15) is 18.9 Å². The van der Waals surface area contributed by atoms with Crippen LogP contribution in [0.2, 0.25) is 0 Å². The Morgan fingerprint density at radius 1 is 1.42 bits per heavy atom. The summed E-state index contributed by atoms with van der Waals surface area (Å²) in [4.78, 5) is 6.64. The molecule has 1 aromatic rings. The molecule has 1 aromatic heterocycles. The standard InChI is InChI=1S/C14H25N3O2/c1-3-17(8-4-9-18)14-6-5-13(12-16-14)11-15-7-10-19-2/h5-6,12,15,18H,3-4,7-11H2,1-2H3. The molecule has 0 atom stereocenters. The summed E-state index contributed by atoms with van der Waals surface area (Å²) in [5.74, 6) is 0.969. The minimum Gasteiger partial charge on any atom is -0.396 e. The third-order valence-corrected chi connectivity index (χ3v) is 2.91. The van der Waals surface area contributed by atoms with Gasteiger partial charge in [-0.05, 0) is 25.0 Å². The quantitative estimate of drug-likeness (QED) is 0.620. The molecule has 0 spiro atoms. The Balaban J connectivity index is 2.45. The van der Waals surface area contributed by atoms with Gasteiger partial charge in [-0.1, -0.05) is 6.07 Å². The molecule has 0 fully saturated rings. The highest BCUT2D eigenvalue weighted by atomic mass is 16.5. The zero-order valence-corrected chi connectivity index (χ0v) is 11.9. The van der Waals surface area contributed by atoms with Crippen molar-refractivity contribution in [3.63, 3.8) is 0 Å². The number of aliphatic hydroxyl groups excluding tert-OH is 1. The number of ether oxygens (including phenoxy) is 1. The third kappa shape index (κ3) is 6.00. The van der Waals surface area contributed by atoms with Crippen LogP contribution in [0.3, 0.4) is 0 Å². The molecule has 0 saturated heterocycles. The Morgan fingerprint density at radius 2 is 2.26 bits per heavy atom. The summed E-state index contributed by atoms with van der Waals surface area (Å²) in [5, 5.41) is 12.2. The van der Waals surface area contributed by atoms with Crippen molar-refractivity contribution in [1.82, 2.24) is 10.3 Å². The monoisotopic (exact) mass is 267 g/mol.